The SMILES string of the molecule is O=S(=O)(C1(CO)CC1)C1(CCO[SH-]#P)CC1. The van der Waals surface area contributed by atoms with Gasteiger partial charge in [0.25, 0.3) is 0 Å². The molecule has 0 amide bonds. The van der Waals surface area contributed by atoms with Crippen molar-refractivity contribution in [2.24, 2.45) is 0 Å². The minimum atomic E-state index is -3.20. The number of hydrogen-bond donors (Lipinski definition) is 1. The van der Waals surface area contributed by atoms with Crippen LogP contribution in [0.25, 0.3) is 0 Å². The van der Waals surface area contributed by atoms with Gasteiger partial charge in [-0.15, -0.1) is 0 Å². The molecule has 0 aromatic carbocycles. The molecule has 2 saturated carbocycles. The van der Waals surface area contributed by atoms with E-state index in [0.717, 1.165) is 0 Å². The van der Waals surface area contributed by atoms with Crippen LogP contribution in [0.15, 0.2) is 0 Å². The molecule has 4 nitrogen and oxygen atoms in total. The maximum atomic E-state index is 12.4. The molecule has 0 heterocycles. The molecule has 0 radical (unpaired) electrons. The van der Waals surface area contributed by atoms with Crippen LogP contribution in [0.3, 0.4) is 0 Å². The first-order chi connectivity index (χ1) is 7.54. The third-order valence-corrected chi connectivity index (χ3v) is 7.82. The quantitative estimate of drug-likeness (QED) is 0.341. The van der Waals surface area contributed by atoms with Crippen molar-refractivity contribution in [2.45, 2.75) is 41.6 Å². The number of sulfone groups is 1. The molecule has 2 fully saturated rings. The Morgan fingerprint density at radius 3 is 2.19 bits per heavy atom. The van der Waals surface area contributed by atoms with E-state index in [9.17, 15) is 13.5 Å². The van der Waals surface area contributed by atoms with Gasteiger partial charge in [-0.25, -0.2) is 0 Å². The van der Waals surface area contributed by atoms with Crippen LogP contribution in [0.4, 0.5) is 0 Å². The van der Waals surface area contributed by atoms with E-state index in [1.54, 1.807) is 0 Å². The number of hydrogen-bond acceptors (Lipinski definition) is 5. The fourth-order valence-electron chi connectivity index (χ4n) is 2.18. The summed E-state index contributed by atoms with van der Waals surface area (Å²) in [6, 6.07) is 0. The molecule has 0 bridgehead atoms. The Hall–Kier alpha value is 0.650. The summed E-state index contributed by atoms with van der Waals surface area (Å²) in [6.45, 7) is 0.189. The molecule has 2 rings (SSSR count). The van der Waals surface area contributed by atoms with Crippen LogP contribution in [-0.4, -0.2) is 36.2 Å². The Balaban J connectivity index is 2.09. The molecule has 0 saturated heterocycles. The fourth-order valence-corrected chi connectivity index (χ4v) is 5.31. The molecule has 0 aromatic heterocycles. The second-order valence-electron chi connectivity index (χ2n) is 4.69. The maximum absolute atomic E-state index is 12.4. The Morgan fingerprint density at radius 2 is 1.81 bits per heavy atom. The molecular weight excluding hydrogens is 267 g/mol. The summed E-state index contributed by atoms with van der Waals surface area (Å²) >= 11 is 0.534. The van der Waals surface area contributed by atoms with Gasteiger partial charge in [0.1, 0.15) is 0 Å². The topological polar surface area (TPSA) is 63.6 Å². The van der Waals surface area contributed by atoms with Crippen LogP contribution >= 0.6 is 7.81 Å². The van der Waals surface area contributed by atoms with Crippen molar-refractivity contribution < 1.29 is 17.7 Å². The fraction of sp³-hybridized carbons (Fsp3) is 1.00. The van der Waals surface area contributed by atoms with E-state index in [4.69, 9.17) is 4.18 Å². The Morgan fingerprint density at radius 1 is 1.25 bits per heavy atom. The van der Waals surface area contributed by atoms with Gasteiger partial charge in [0, 0.05) is 0 Å². The van der Waals surface area contributed by atoms with Crippen molar-refractivity contribution in [1.82, 2.24) is 0 Å². The van der Waals surface area contributed by atoms with Crippen molar-refractivity contribution in [2.75, 3.05) is 13.2 Å². The first kappa shape index (κ1) is 13.1. The molecule has 2 aliphatic carbocycles. The predicted molar refractivity (Wildman–Crippen MR) is 66.2 cm³/mol. The summed E-state index contributed by atoms with van der Waals surface area (Å²) in [6.07, 6.45) is 3.18. The molecule has 1 N–H and O–H groups in total. The molecule has 0 aliphatic heterocycles. The van der Waals surface area contributed by atoms with Crippen LogP contribution in [0.5, 0.6) is 0 Å². The van der Waals surface area contributed by atoms with Crippen molar-refractivity contribution in [3.8, 4) is 0 Å². The second-order valence-corrected chi connectivity index (χ2v) is 8.34. The molecular formula is C9H16O4PS2-. The van der Waals surface area contributed by atoms with Gasteiger partial charge in [0.05, 0.1) is 0 Å². The molecule has 0 unspecified atom stereocenters. The van der Waals surface area contributed by atoms with E-state index in [-0.39, 0.29) is 6.61 Å². The van der Waals surface area contributed by atoms with Crippen molar-refractivity contribution >= 4 is 28.7 Å². The average Bonchev–Trinajstić information content (AvgIpc) is 3.14. The number of aliphatic hydroxyl groups excluding tert-OH is 1. The van der Waals surface area contributed by atoms with Gasteiger partial charge >= 0.3 is 101 Å². The molecule has 7 heteroatoms. The van der Waals surface area contributed by atoms with Gasteiger partial charge < -0.3 is 0 Å². The standard InChI is InChI=1S/C9H16O4PS2/c10-7-9(3-4-9)16(11,12)8(1-2-8)5-6-13-15-14/h10,15H,1-7H2/q-1. The Kier molecular flexibility index (Phi) is 3.59. The van der Waals surface area contributed by atoms with E-state index in [0.29, 0.717) is 49.7 Å². The molecule has 94 valence electrons. The normalized spacial score (nSPS) is 25.2. The zero-order valence-corrected chi connectivity index (χ0v) is 11.5. The number of aliphatic hydroxyl groups is 1. The van der Waals surface area contributed by atoms with Gasteiger partial charge in [-0.2, -0.15) is 0 Å². The van der Waals surface area contributed by atoms with E-state index in [2.05, 4.69) is 7.81 Å². The zero-order chi connectivity index (χ0) is 11.9. The van der Waals surface area contributed by atoms with Crippen LogP contribution < -0.4 is 0 Å². The predicted octanol–water partition coefficient (Wildman–Crippen LogP) is 0.921. The number of thiol groups is 1. The minimum absolute atomic E-state index is 0.233. The summed E-state index contributed by atoms with van der Waals surface area (Å²) in [4.78, 5) is 0. The van der Waals surface area contributed by atoms with Gasteiger partial charge in [-0.05, 0) is 0 Å². The van der Waals surface area contributed by atoms with E-state index >= 15 is 0 Å². The average molecular weight is 283 g/mol. The van der Waals surface area contributed by atoms with Crippen molar-refractivity contribution in [1.29, 1.82) is 0 Å². The van der Waals surface area contributed by atoms with Crippen LogP contribution in [0.2, 0.25) is 0 Å². The monoisotopic (exact) mass is 283 g/mol. The van der Waals surface area contributed by atoms with Gasteiger partial charge in [-0.1, -0.05) is 0 Å². The second kappa shape index (κ2) is 4.39. The summed E-state index contributed by atoms with van der Waals surface area (Å²) in [5.41, 5.74) is 0. The van der Waals surface area contributed by atoms with Gasteiger partial charge in [0.15, 0.2) is 0 Å². The number of rotatable bonds is 6. The molecule has 0 atom stereocenters. The molecule has 2 aliphatic rings. The van der Waals surface area contributed by atoms with Crippen LogP contribution in [-0.2, 0) is 25.0 Å². The van der Waals surface area contributed by atoms with E-state index in [1.165, 1.54) is 0 Å². The molecule has 0 spiro atoms. The molecule has 16 heavy (non-hydrogen) atoms. The molecule has 0 aromatic rings. The Labute approximate surface area is 101 Å². The van der Waals surface area contributed by atoms with Crippen molar-refractivity contribution in [3.05, 3.63) is 0 Å². The third-order valence-electron chi connectivity index (χ3n) is 3.75. The van der Waals surface area contributed by atoms with Crippen molar-refractivity contribution in [3.63, 3.8) is 0 Å². The van der Waals surface area contributed by atoms with Crippen LogP contribution in [0, 0.1) is 0 Å². The van der Waals surface area contributed by atoms with Gasteiger partial charge in [-0.3, -0.25) is 0 Å². The summed E-state index contributed by atoms with van der Waals surface area (Å²) < 4.78 is 28.4. The van der Waals surface area contributed by atoms with E-state index in [1.807, 2.05) is 0 Å². The first-order valence-electron chi connectivity index (χ1n) is 5.35. The summed E-state index contributed by atoms with van der Waals surface area (Å²) in [7, 11) is 0.687. The van der Waals surface area contributed by atoms with Gasteiger partial charge in [0.2, 0.25) is 0 Å². The summed E-state index contributed by atoms with van der Waals surface area (Å²) in [5.74, 6) is 0. The zero-order valence-electron chi connectivity index (χ0n) is 8.92. The third kappa shape index (κ3) is 1.93. The van der Waals surface area contributed by atoms with Crippen LogP contribution in [0.1, 0.15) is 32.1 Å². The Bertz CT molecular complexity index is 417. The van der Waals surface area contributed by atoms with E-state index < -0.39 is 19.3 Å². The summed E-state index contributed by atoms with van der Waals surface area (Å²) in [5, 5.41) is 9.23. The first-order valence-corrected chi connectivity index (χ1v) is 8.80.